The van der Waals surface area contributed by atoms with Crippen molar-refractivity contribution in [3.8, 4) is 0 Å². The first-order chi connectivity index (χ1) is 12.2. The summed E-state index contributed by atoms with van der Waals surface area (Å²) in [6.07, 6.45) is 12.2. The van der Waals surface area contributed by atoms with E-state index in [1.54, 1.807) is 0 Å². The van der Waals surface area contributed by atoms with E-state index in [2.05, 4.69) is 26.1 Å². The lowest BCUT2D eigenvalue weighted by atomic mass is 10.1. The zero-order chi connectivity index (χ0) is 17.0. The van der Waals surface area contributed by atoms with Gasteiger partial charge in [-0.2, -0.15) is 0 Å². The van der Waals surface area contributed by atoms with E-state index in [4.69, 9.17) is 17.3 Å². The molecule has 1 aliphatic heterocycles. The standard InChI is InChI=1S/C19H31N5S/c1-21(17(14-5-6-14)15-7-8-15)13-23-19(25)24(16-9-10-16)18(20-23)22-11-3-2-4-12-22/h14-17H,2-13H2,1H3. The van der Waals surface area contributed by atoms with Crippen molar-refractivity contribution in [2.24, 2.45) is 11.8 Å². The largest absolute Gasteiger partial charge is 0.341 e. The van der Waals surface area contributed by atoms with Crippen LogP contribution in [0.1, 0.15) is 63.8 Å². The first-order valence-electron chi connectivity index (χ1n) is 10.4. The lowest BCUT2D eigenvalue weighted by Gasteiger charge is -2.28. The number of piperidine rings is 1. The van der Waals surface area contributed by atoms with Crippen LogP contribution in [0.3, 0.4) is 0 Å². The van der Waals surface area contributed by atoms with Gasteiger partial charge in [-0.05, 0) is 88.9 Å². The zero-order valence-corrected chi connectivity index (χ0v) is 16.3. The molecule has 4 fully saturated rings. The highest BCUT2D eigenvalue weighted by molar-refractivity contribution is 7.71. The van der Waals surface area contributed by atoms with Gasteiger partial charge in [-0.1, -0.05) is 0 Å². The molecule has 0 unspecified atom stereocenters. The van der Waals surface area contributed by atoms with Gasteiger partial charge in [-0.25, -0.2) is 4.68 Å². The second kappa shape index (κ2) is 6.38. The number of hydrogen-bond donors (Lipinski definition) is 0. The summed E-state index contributed by atoms with van der Waals surface area (Å²) < 4.78 is 5.44. The third-order valence-corrected chi connectivity index (χ3v) is 6.89. The molecule has 138 valence electrons. The number of hydrogen-bond acceptors (Lipinski definition) is 4. The van der Waals surface area contributed by atoms with Gasteiger partial charge in [0, 0.05) is 25.2 Å². The Bertz CT molecular complexity index is 664. The van der Waals surface area contributed by atoms with E-state index in [0.29, 0.717) is 6.04 Å². The van der Waals surface area contributed by atoms with Crippen LogP contribution < -0.4 is 4.90 Å². The summed E-state index contributed by atoms with van der Waals surface area (Å²) in [7, 11) is 2.29. The van der Waals surface area contributed by atoms with Crippen LogP contribution >= 0.6 is 12.2 Å². The molecule has 4 aliphatic rings. The summed E-state index contributed by atoms with van der Waals surface area (Å²) in [5.41, 5.74) is 0. The van der Waals surface area contributed by atoms with E-state index < -0.39 is 0 Å². The number of rotatable bonds is 7. The summed E-state index contributed by atoms with van der Waals surface area (Å²) in [6.45, 7) is 3.14. The molecule has 0 radical (unpaired) electrons. The third kappa shape index (κ3) is 3.27. The monoisotopic (exact) mass is 361 g/mol. The molecular formula is C19H31N5S. The van der Waals surface area contributed by atoms with Crippen molar-refractivity contribution in [3.05, 3.63) is 4.77 Å². The molecule has 5 nitrogen and oxygen atoms in total. The van der Waals surface area contributed by atoms with Gasteiger partial charge in [0.15, 0.2) is 0 Å². The van der Waals surface area contributed by atoms with Crippen molar-refractivity contribution >= 4 is 18.2 Å². The lowest BCUT2D eigenvalue weighted by Crippen LogP contribution is -2.37. The number of aromatic nitrogens is 3. The molecule has 1 aromatic heterocycles. The quantitative estimate of drug-likeness (QED) is 0.691. The Labute approximate surface area is 156 Å². The average molecular weight is 362 g/mol. The Morgan fingerprint density at radius 1 is 1.04 bits per heavy atom. The highest BCUT2D eigenvalue weighted by atomic mass is 32.1. The van der Waals surface area contributed by atoms with Crippen LogP contribution in [0.5, 0.6) is 0 Å². The summed E-state index contributed by atoms with van der Waals surface area (Å²) in [4.78, 5) is 5.03. The van der Waals surface area contributed by atoms with Crippen LogP contribution in [0.4, 0.5) is 5.95 Å². The Morgan fingerprint density at radius 2 is 1.68 bits per heavy atom. The average Bonchev–Trinajstić information content (AvgIpc) is 3.44. The van der Waals surface area contributed by atoms with E-state index in [9.17, 15) is 0 Å². The zero-order valence-electron chi connectivity index (χ0n) is 15.4. The molecule has 0 amide bonds. The third-order valence-electron chi connectivity index (χ3n) is 6.48. The molecule has 1 aromatic rings. The molecular weight excluding hydrogens is 330 g/mol. The summed E-state index contributed by atoms with van der Waals surface area (Å²) in [5, 5.41) is 5.04. The van der Waals surface area contributed by atoms with Crippen LogP contribution in [0.25, 0.3) is 0 Å². The van der Waals surface area contributed by atoms with E-state index in [-0.39, 0.29) is 0 Å². The fourth-order valence-corrected chi connectivity index (χ4v) is 5.08. The summed E-state index contributed by atoms with van der Waals surface area (Å²) in [6, 6.07) is 1.36. The van der Waals surface area contributed by atoms with Gasteiger partial charge in [0.05, 0.1) is 6.67 Å². The number of nitrogens with zero attached hydrogens (tertiary/aromatic N) is 5. The van der Waals surface area contributed by atoms with Crippen molar-refractivity contribution in [3.63, 3.8) is 0 Å². The topological polar surface area (TPSA) is 29.2 Å². The molecule has 3 aliphatic carbocycles. The van der Waals surface area contributed by atoms with Gasteiger partial charge in [-0.15, -0.1) is 5.10 Å². The Hall–Kier alpha value is -0.880. The smallest absolute Gasteiger partial charge is 0.226 e. The van der Waals surface area contributed by atoms with Crippen molar-refractivity contribution in [2.45, 2.75) is 76.5 Å². The van der Waals surface area contributed by atoms with Gasteiger partial charge >= 0.3 is 0 Å². The first-order valence-corrected chi connectivity index (χ1v) is 10.8. The predicted molar refractivity (Wildman–Crippen MR) is 102 cm³/mol. The highest BCUT2D eigenvalue weighted by Gasteiger charge is 2.43. The molecule has 25 heavy (non-hydrogen) atoms. The van der Waals surface area contributed by atoms with Crippen molar-refractivity contribution < 1.29 is 0 Å². The Balaban J connectivity index is 1.40. The van der Waals surface area contributed by atoms with E-state index in [0.717, 1.165) is 48.4 Å². The lowest BCUT2D eigenvalue weighted by molar-refractivity contribution is 0.145. The maximum absolute atomic E-state index is 5.88. The van der Waals surface area contributed by atoms with Crippen LogP contribution in [0.15, 0.2) is 0 Å². The van der Waals surface area contributed by atoms with E-state index in [1.807, 2.05) is 0 Å². The SMILES string of the molecule is CN(Cn1nc(N2CCCCC2)n(C2CC2)c1=S)C(C1CC1)C1CC1. The molecule has 5 rings (SSSR count). The van der Waals surface area contributed by atoms with Crippen LogP contribution in [-0.2, 0) is 6.67 Å². The van der Waals surface area contributed by atoms with Crippen molar-refractivity contribution in [1.82, 2.24) is 19.2 Å². The minimum Gasteiger partial charge on any atom is -0.341 e. The van der Waals surface area contributed by atoms with E-state index >= 15 is 0 Å². The molecule has 2 heterocycles. The van der Waals surface area contributed by atoms with Crippen molar-refractivity contribution in [1.29, 1.82) is 0 Å². The van der Waals surface area contributed by atoms with E-state index in [1.165, 1.54) is 57.8 Å². The second-order valence-corrected chi connectivity index (χ2v) is 9.16. The maximum Gasteiger partial charge on any atom is 0.226 e. The van der Waals surface area contributed by atoms with Gasteiger partial charge in [0.2, 0.25) is 10.7 Å². The van der Waals surface area contributed by atoms with Gasteiger partial charge in [0.1, 0.15) is 0 Å². The fourth-order valence-electron chi connectivity index (χ4n) is 4.75. The first kappa shape index (κ1) is 16.3. The molecule has 3 saturated carbocycles. The predicted octanol–water partition coefficient (Wildman–Crippen LogP) is 3.82. The van der Waals surface area contributed by atoms with Crippen LogP contribution in [0.2, 0.25) is 0 Å². The molecule has 0 aromatic carbocycles. The van der Waals surface area contributed by atoms with Gasteiger partial charge in [0.25, 0.3) is 0 Å². The minimum absolute atomic E-state index is 0.603. The molecule has 6 heteroatoms. The molecule has 0 N–H and O–H groups in total. The Kier molecular flexibility index (Phi) is 4.16. The molecule has 1 saturated heterocycles. The Morgan fingerprint density at radius 3 is 2.24 bits per heavy atom. The fraction of sp³-hybridized carbons (Fsp3) is 0.895. The maximum atomic E-state index is 5.88. The summed E-state index contributed by atoms with van der Waals surface area (Å²) in [5.74, 6) is 3.01. The second-order valence-electron chi connectivity index (χ2n) is 8.79. The van der Waals surface area contributed by atoms with Gasteiger partial charge in [-0.3, -0.25) is 9.47 Å². The molecule has 0 spiro atoms. The van der Waals surface area contributed by atoms with Crippen molar-refractivity contribution in [2.75, 3.05) is 25.0 Å². The van der Waals surface area contributed by atoms with Crippen LogP contribution in [0, 0.1) is 16.6 Å². The molecule has 0 bridgehead atoms. The molecule has 0 atom stereocenters. The highest BCUT2D eigenvalue weighted by Crippen LogP contribution is 2.47. The summed E-state index contributed by atoms with van der Waals surface area (Å²) >= 11 is 5.88. The van der Waals surface area contributed by atoms with Crippen LogP contribution in [-0.4, -0.2) is 45.4 Å². The normalized spacial score (nSPS) is 24.5. The minimum atomic E-state index is 0.603. The van der Waals surface area contributed by atoms with Gasteiger partial charge < -0.3 is 4.90 Å². The number of anilines is 1.